The molecule has 0 spiro atoms. The molecule has 0 aliphatic carbocycles. The van der Waals surface area contributed by atoms with Gasteiger partial charge >= 0.3 is 12.2 Å². The molecule has 0 radical (unpaired) electrons. The summed E-state index contributed by atoms with van der Waals surface area (Å²) in [6, 6.07) is 0. The molecule has 2 rings (SSSR count). The van der Waals surface area contributed by atoms with Gasteiger partial charge in [0.15, 0.2) is 0 Å². The van der Waals surface area contributed by atoms with Gasteiger partial charge in [0.1, 0.15) is 11.2 Å². The fourth-order valence-electron chi connectivity index (χ4n) is 2.18. The second-order valence-electron chi connectivity index (χ2n) is 8.29. The molecule has 10 nitrogen and oxygen atoms in total. The highest BCUT2D eigenvalue weighted by Gasteiger charge is 2.33. The largest absolute Gasteiger partial charge is 0.442 e. The second kappa shape index (κ2) is 15.2. The van der Waals surface area contributed by atoms with E-state index in [1.807, 2.05) is 0 Å². The summed E-state index contributed by atoms with van der Waals surface area (Å²) in [7, 11) is 0. The van der Waals surface area contributed by atoms with Crippen molar-refractivity contribution in [2.24, 2.45) is 0 Å². The van der Waals surface area contributed by atoms with Crippen LogP contribution in [-0.2, 0) is 18.9 Å². The maximum atomic E-state index is 12.2. The predicted molar refractivity (Wildman–Crippen MR) is 124 cm³/mol. The van der Waals surface area contributed by atoms with Crippen molar-refractivity contribution in [1.82, 2.24) is 20.9 Å². The number of halogens is 2. The van der Waals surface area contributed by atoms with Gasteiger partial charge in [-0.3, -0.25) is 10.9 Å². The Balaban J connectivity index is 0. The standard InChI is InChI=1S/C14H26N2O5.C4H10N2O.2BrH/c1-13(2,3)20-11(17)15-7-9-19-10-8-16(15)12(18)21-14(4,5)6;1-3-7-4-2-6-5-1;;/h7-10H2,1-6H3;5-6H,1-4H2;2*1H. The highest BCUT2D eigenvalue weighted by molar-refractivity contribution is 8.93. The molecule has 2 amide bonds. The first-order valence-electron chi connectivity index (χ1n) is 9.62. The average molecular weight is 566 g/mol. The Morgan fingerprint density at radius 2 is 1.03 bits per heavy atom. The first-order chi connectivity index (χ1) is 13.0. The van der Waals surface area contributed by atoms with Gasteiger partial charge in [0.05, 0.1) is 39.5 Å². The number of nitrogens with zero attached hydrogens (tertiary/aromatic N) is 2. The zero-order valence-corrected chi connectivity index (χ0v) is 22.2. The predicted octanol–water partition coefficient (Wildman–Crippen LogP) is 2.67. The molecule has 2 aliphatic rings. The van der Waals surface area contributed by atoms with Gasteiger partial charge in [-0.15, -0.1) is 34.0 Å². The Hall–Kier alpha value is -0.660. The highest BCUT2D eigenvalue weighted by atomic mass is 79.9. The van der Waals surface area contributed by atoms with E-state index in [4.69, 9.17) is 18.9 Å². The molecule has 2 fully saturated rings. The number of ether oxygens (including phenoxy) is 4. The fraction of sp³-hybridized carbons (Fsp3) is 0.889. The number of carbonyl (C=O) groups excluding carboxylic acids is 2. The summed E-state index contributed by atoms with van der Waals surface area (Å²) in [6.07, 6.45) is -1.17. The molecule has 30 heavy (non-hydrogen) atoms. The minimum Gasteiger partial charge on any atom is -0.442 e. The molecular weight excluding hydrogens is 528 g/mol. The maximum absolute atomic E-state index is 12.2. The van der Waals surface area contributed by atoms with Crippen LogP contribution in [0.25, 0.3) is 0 Å². The van der Waals surface area contributed by atoms with Crippen LogP contribution in [0.3, 0.4) is 0 Å². The minimum atomic E-state index is -0.635. The molecule has 2 saturated heterocycles. The van der Waals surface area contributed by atoms with Gasteiger partial charge in [-0.25, -0.2) is 19.6 Å². The van der Waals surface area contributed by atoms with Crippen molar-refractivity contribution in [3.8, 4) is 0 Å². The smallest absolute Gasteiger partial charge is 0.429 e. The van der Waals surface area contributed by atoms with E-state index in [0.717, 1.165) is 26.3 Å². The molecule has 0 atom stereocenters. The number of carbonyl (C=O) groups is 2. The van der Waals surface area contributed by atoms with Crippen LogP contribution >= 0.6 is 34.0 Å². The van der Waals surface area contributed by atoms with Crippen LogP contribution in [-0.4, -0.2) is 86.0 Å². The van der Waals surface area contributed by atoms with Crippen molar-refractivity contribution in [2.45, 2.75) is 52.7 Å². The van der Waals surface area contributed by atoms with Crippen LogP contribution in [0.2, 0.25) is 0 Å². The van der Waals surface area contributed by atoms with Crippen molar-refractivity contribution in [1.29, 1.82) is 0 Å². The molecule has 2 N–H and O–H groups in total. The Bertz CT molecular complexity index is 444. The Labute approximate surface area is 200 Å². The van der Waals surface area contributed by atoms with Crippen LogP contribution in [0, 0.1) is 0 Å². The van der Waals surface area contributed by atoms with Gasteiger partial charge in [0.25, 0.3) is 0 Å². The van der Waals surface area contributed by atoms with Crippen molar-refractivity contribution in [3.63, 3.8) is 0 Å². The summed E-state index contributed by atoms with van der Waals surface area (Å²) in [5, 5.41) is 2.48. The second-order valence-corrected chi connectivity index (χ2v) is 8.29. The van der Waals surface area contributed by atoms with Gasteiger partial charge < -0.3 is 18.9 Å². The lowest BCUT2D eigenvalue weighted by Gasteiger charge is -2.34. The van der Waals surface area contributed by atoms with E-state index in [-0.39, 0.29) is 47.1 Å². The summed E-state index contributed by atoms with van der Waals surface area (Å²) in [5.41, 5.74) is 4.67. The normalized spacial score (nSPS) is 17.7. The van der Waals surface area contributed by atoms with E-state index in [0.29, 0.717) is 13.2 Å². The van der Waals surface area contributed by atoms with Crippen molar-refractivity contribution >= 4 is 46.1 Å². The molecule has 2 aliphatic heterocycles. The van der Waals surface area contributed by atoms with Gasteiger partial charge in [0, 0.05) is 13.1 Å². The number of amides is 2. The average Bonchev–Trinajstić information content (AvgIpc) is 2.97. The number of hydrogen-bond donors (Lipinski definition) is 2. The first kappa shape index (κ1) is 31.5. The molecule has 0 saturated carbocycles. The maximum Gasteiger partial charge on any atom is 0.429 e. The number of hydrogen-bond acceptors (Lipinski definition) is 8. The lowest BCUT2D eigenvalue weighted by molar-refractivity contribution is -0.0572. The van der Waals surface area contributed by atoms with Crippen LogP contribution < -0.4 is 10.9 Å². The molecule has 0 aromatic carbocycles. The zero-order valence-electron chi connectivity index (χ0n) is 18.8. The first-order valence-corrected chi connectivity index (χ1v) is 9.62. The van der Waals surface area contributed by atoms with Crippen molar-refractivity contribution < 1.29 is 28.5 Å². The topological polar surface area (TPSA) is 102 Å². The zero-order chi connectivity index (χ0) is 21.2. The monoisotopic (exact) mass is 564 g/mol. The van der Waals surface area contributed by atoms with Crippen LogP contribution in [0.1, 0.15) is 41.5 Å². The fourth-order valence-corrected chi connectivity index (χ4v) is 2.18. The third-order valence-electron chi connectivity index (χ3n) is 3.26. The molecule has 12 heteroatoms. The number of rotatable bonds is 0. The summed E-state index contributed by atoms with van der Waals surface area (Å²) in [4.78, 5) is 24.5. The van der Waals surface area contributed by atoms with Gasteiger partial charge in [0.2, 0.25) is 0 Å². The summed E-state index contributed by atoms with van der Waals surface area (Å²) in [5.74, 6) is 0. The Kier molecular flexibility index (Phi) is 16.0. The lowest BCUT2D eigenvalue weighted by Crippen LogP contribution is -2.53. The van der Waals surface area contributed by atoms with Gasteiger partial charge in [-0.1, -0.05) is 0 Å². The number of hydrazine groups is 2. The molecule has 0 aromatic heterocycles. The molecule has 0 bridgehead atoms. The van der Waals surface area contributed by atoms with Gasteiger partial charge in [-0.2, -0.15) is 0 Å². The van der Waals surface area contributed by atoms with Gasteiger partial charge in [-0.05, 0) is 41.5 Å². The van der Waals surface area contributed by atoms with Crippen molar-refractivity contribution in [3.05, 3.63) is 0 Å². The summed E-state index contributed by atoms with van der Waals surface area (Å²) >= 11 is 0. The van der Waals surface area contributed by atoms with E-state index < -0.39 is 23.4 Å². The molecule has 180 valence electrons. The highest BCUT2D eigenvalue weighted by Crippen LogP contribution is 2.16. The molecule has 0 aromatic rings. The van der Waals surface area contributed by atoms with E-state index in [1.165, 1.54) is 10.0 Å². The SMILES string of the molecule is Br.Br.C1COCCNN1.CC(C)(C)OC(=O)N1CCOCCN1C(=O)OC(C)(C)C. The number of nitrogens with one attached hydrogen (secondary N) is 2. The molecular formula is C18H38Br2N4O6. The molecule has 2 heterocycles. The minimum absolute atomic E-state index is 0. The molecule has 0 unspecified atom stereocenters. The quantitative estimate of drug-likeness (QED) is 0.462. The lowest BCUT2D eigenvalue weighted by atomic mass is 10.2. The Morgan fingerprint density at radius 3 is 1.37 bits per heavy atom. The summed E-state index contributed by atoms with van der Waals surface area (Å²) in [6.45, 7) is 15.3. The van der Waals surface area contributed by atoms with Crippen molar-refractivity contribution in [2.75, 3.05) is 52.6 Å². The van der Waals surface area contributed by atoms with E-state index in [2.05, 4.69) is 10.9 Å². The van der Waals surface area contributed by atoms with E-state index in [1.54, 1.807) is 41.5 Å². The third kappa shape index (κ3) is 14.4. The van der Waals surface area contributed by atoms with E-state index >= 15 is 0 Å². The van der Waals surface area contributed by atoms with E-state index in [9.17, 15) is 9.59 Å². The Morgan fingerprint density at radius 1 is 0.700 bits per heavy atom. The van der Waals surface area contributed by atoms with Crippen LogP contribution in [0.15, 0.2) is 0 Å². The van der Waals surface area contributed by atoms with Crippen LogP contribution in [0.5, 0.6) is 0 Å². The summed E-state index contributed by atoms with van der Waals surface area (Å²) < 4.78 is 21.0. The third-order valence-corrected chi connectivity index (χ3v) is 3.26. The van der Waals surface area contributed by atoms with Crippen LogP contribution in [0.4, 0.5) is 9.59 Å².